The number of amides is 1. The third-order valence-corrected chi connectivity index (χ3v) is 11.2. The summed E-state index contributed by atoms with van der Waals surface area (Å²) in [5.74, 6) is 0.938. The summed E-state index contributed by atoms with van der Waals surface area (Å²) in [5, 5.41) is 5.49. The Kier molecular flexibility index (Phi) is 10.9. The fraction of sp³-hybridized carbons (Fsp3) is 0.487. The first kappa shape index (κ1) is 33.6. The Morgan fingerprint density at radius 3 is 2.40 bits per heavy atom. The zero-order valence-corrected chi connectivity index (χ0v) is 29.3. The molecule has 1 saturated heterocycles. The summed E-state index contributed by atoms with van der Waals surface area (Å²) in [7, 11) is 0. The molecule has 2 fully saturated rings. The number of rotatable bonds is 10. The number of ether oxygens (including phenoxy) is 1. The van der Waals surface area contributed by atoms with Crippen LogP contribution in [0.15, 0.2) is 63.9 Å². The Labute approximate surface area is 283 Å². The molecule has 6 rings (SSSR count). The lowest BCUT2D eigenvalue weighted by Crippen LogP contribution is -2.32. The molecule has 47 heavy (non-hydrogen) atoms. The van der Waals surface area contributed by atoms with Gasteiger partial charge in [-0.1, -0.05) is 11.8 Å². The van der Waals surface area contributed by atoms with Gasteiger partial charge in [-0.25, -0.2) is 4.58 Å². The minimum atomic E-state index is -0.00266. The fourth-order valence-electron chi connectivity index (χ4n) is 7.21. The molecule has 2 aromatic rings. The first-order valence-electron chi connectivity index (χ1n) is 17.7. The van der Waals surface area contributed by atoms with Crippen LogP contribution in [-0.2, 0) is 9.53 Å². The molecule has 2 aliphatic carbocycles. The van der Waals surface area contributed by atoms with Crippen LogP contribution in [0.25, 0.3) is 33.4 Å². The first-order valence-corrected chi connectivity index (χ1v) is 18.6. The highest BCUT2D eigenvalue weighted by atomic mass is 32.2. The summed E-state index contributed by atoms with van der Waals surface area (Å²) < 4.78 is 15.3. The lowest BCUT2D eigenvalue weighted by molar-refractivity contribution is -0.120. The molecule has 0 bridgehead atoms. The fourth-order valence-corrected chi connectivity index (χ4v) is 8.37. The van der Waals surface area contributed by atoms with E-state index < -0.39 is 0 Å². The molecule has 250 valence electrons. The Balaban J connectivity index is 1.54. The number of hydrogen-bond donors (Lipinski definition) is 2. The minimum Gasteiger partial charge on any atom is -0.456 e. The minimum absolute atomic E-state index is 0.00266. The highest BCUT2D eigenvalue weighted by molar-refractivity contribution is 8.00. The molecule has 0 spiro atoms. The van der Waals surface area contributed by atoms with Crippen molar-refractivity contribution in [2.24, 2.45) is 11.7 Å². The van der Waals surface area contributed by atoms with Gasteiger partial charge in [0.2, 0.25) is 11.3 Å². The summed E-state index contributed by atoms with van der Waals surface area (Å²) in [4.78, 5) is 17.0. The molecular formula is C39H51N4O3S+. The summed E-state index contributed by atoms with van der Waals surface area (Å²) in [5.41, 5.74) is 12.3. The van der Waals surface area contributed by atoms with Crippen molar-refractivity contribution in [3.63, 3.8) is 0 Å². The normalized spacial score (nSPS) is 20.0. The van der Waals surface area contributed by atoms with E-state index in [2.05, 4.69) is 97.1 Å². The highest BCUT2D eigenvalue weighted by Crippen LogP contribution is 2.46. The lowest BCUT2D eigenvalue weighted by atomic mass is 9.86. The monoisotopic (exact) mass is 655 g/mol. The molecule has 1 saturated carbocycles. The van der Waals surface area contributed by atoms with Gasteiger partial charge in [0.15, 0.2) is 0 Å². The zero-order valence-electron chi connectivity index (χ0n) is 28.5. The molecule has 4 aliphatic rings. The van der Waals surface area contributed by atoms with Crippen molar-refractivity contribution < 1.29 is 13.9 Å². The third kappa shape index (κ3) is 7.40. The number of anilines is 2. The van der Waals surface area contributed by atoms with E-state index in [4.69, 9.17) is 14.9 Å². The maximum absolute atomic E-state index is 13.5. The van der Waals surface area contributed by atoms with Gasteiger partial charge in [0.05, 0.1) is 6.07 Å². The SMILES string of the molecule is CCN(CC)c1ccc2c(-c3cc(NC(=O)C4CCC(N)CC4)ccc3SC3CCCCO3)c3ccc(=[N+](CC)CC)cc-3oc2c1. The molecule has 3 N–H and O–H groups in total. The Morgan fingerprint density at radius 1 is 0.915 bits per heavy atom. The second-order valence-electron chi connectivity index (χ2n) is 12.9. The molecule has 0 aromatic heterocycles. The Bertz CT molecular complexity index is 1730. The third-order valence-electron chi connectivity index (χ3n) is 10.0. The number of nitrogens with two attached hydrogens (primary N) is 1. The van der Waals surface area contributed by atoms with Gasteiger partial charge in [-0.05, 0) is 115 Å². The second kappa shape index (κ2) is 15.3. The van der Waals surface area contributed by atoms with Gasteiger partial charge in [0.1, 0.15) is 29.9 Å². The van der Waals surface area contributed by atoms with E-state index in [-0.39, 0.29) is 23.3 Å². The number of nitrogens with zero attached hydrogens (tertiary/aromatic N) is 2. The van der Waals surface area contributed by atoms with Crippen LogP contribution in [0.5, 0.6) is 0 Å². The molecule has 7 nitrogen and oxygen atoms in total. The maximum Gasteiger partial charge on any atom is 0.227 e. The molecule has 1 atom stereocenters. The lowest BCUT2D eigenvalue weighted by Gasteiger charge is -2.26. The smallest absolute Gasteiger partial charge is 0.227 e. The summed E-state index contributed by atoms with van der Waals surface area (Å²) >= 11 is 1.79. The van der Waals surface area contributed by atoms with E-state index in [0.717, 1.165) is 126 Å². The quantitative estimate of drug-likeness (QED) is 0.133. The van der Waals surface area contributed by atoms with E-state index >= 15 is 0 Å². The van der Waals surface area contributed by atoms with Crippen LogP contribution in [0.1, 0.15) is 72.6 Å². The van der Waals surface area contributed by atoms with E-state index in [0.29, 0.717) is 0 Å². The van der Waals surface area contributed by atoms with E-state index in [1.165, 1.54) is 6.42 Å². The van der Waals surface area contributed by atoms with E-state index in [1.54, 1.807) is 11.8 Å². The predicted octanol–water partition coefficient (Wildman–Crippen LogP) is 7.94. The summed E-state index contributed by atoms with van der Waals surface area (Å²) in [6.07, 6.45) is 6.79. The van der Waals surface area contributed by atoms with Gasteiger partial charge in [-0.15, -0.1) is 0 Å². The Hall–Kier alpha value is -3.33. The number of thioether (sulfide) groups is 1. The van der Waals surface area contributed by atoms with Gasteiger partial charge >= 0.3 is 0 Å². The van der Waals surface area contributed by atoms with Crippen LogP contribution in [0, 0.1) is 5.92 Å². The number of carbonyl (C=O) groups is 1. The summed E-state index contributed by atoms with van der Waals surface area (Å²) in [6, 6.07) is 19.8. The molecule has 2 aliphatic heterocycles. The van der Waals surface area contributed by atoms with Crippen molar-refractivity contribution >= 4 is 40.0 Å². The molecule has 0 radical (unpaired) electrons. The van der Waals surface area contributed by atoms with E-state index in [9.17, 15) is 4.79 Å². The van der Waals surface area contributed by atoms with Crippen LogP contribution in [-0.4, -0.2) is 50.2 Å². The highest BCUT2D eigenvalue weighted by Gasteiger charge is 2.27. The van der Waals surface area contributed by atoms with Crippen molar-refractivity contribution in [3.05, 3.63) is 60.0 Å². The second-order valence-corrected chi connectivity index (χ2v) is 14.1. The van der Waals surface area contributed by atoms with Crippen LogP contribution in [0.4, 0.5) is 11.4 Å². The zero-order chi connectivity index (χ0) is 32.9. The number of carbonyl (C=O) groups excluding carboxylic acids is 1. The molecular weight excluding hydrogens is 605 g/mol. The van der Waals surface area contributed by atoms with Gasteiger partial charge in [-0.3, -0.25) is 4.79 Å². The van der Waals surface area contributed by atoms with Gasteiger partial charge in [-0.2, -0.15) is 0 Å². The van der Waals surface area contributed by atoms with Crippen LogP contribution >= 0.6 is 11.8 Å². The molecule has 1 amide bonds. The molecule has 2 aromatic carbocycles. The van der Waals surface area contributed by atoms with Crippen molar-refractivity contribution in [1.82, 2.24) is 4.58 Å². The summed E-state index contributed by atoms with van der Waals surface area (Å²) in [6.45, 7) is 13.2. The number of nitrogens with one attached hydrogen (secondary N) is 1. The average molecular weight is 656 g/mol. The average Bonchev–Trinajstić information content (AvgIpc) is 3.09. The van der Waals surface area contributed by atoms with Crippen molar-refractivity contribution in [2.45, 2.75) is 89.0 Å². The van der Waals surface area contributed by atoms with Gasteiger partial charge in [0.25, 0.3) is 0 Å². The predicted molar refractivity (Wildman–Crippen MR) is 196 cm³/mol. The van der Waals surface area contributed by atoms with Crippen LogP contribution in [0.2, 0.25) is 0 Å². The standard InChI is InChI=1S/C39H50N4O3S/c1-5-42(6-2)29-17-19-31-34(24-29)46-35-25-30(43(7-3)8-4)18-20-32(35)38(31)33-23-28(41-39(44)26-12-14-27(40)15-13-26)16-21-36(33)47-37-11-9-10-22-45-37/h16-21,23-27,37H,5-15,22,40H2,1-4H3/p+1. The molecule has 8 heteroatoms. The molecule has 2 heterocycles. The number of benzene rings is 3. The van der Waals surface area contributed by atoms with Gasteiger partial charge < -0.3 is 25.1 Å². The van der Waals surface area contributed by atoms with Gasteiger partial charge in [0, 0.05) is 76.6 Å². The van der Waals surface area contributed by atoms with Crippen LogP contribution < -0.4 is 25.9 Å². The number of hydrogen-bond acceptors (Lipinski definition) is 6. The van der Waals surface area contributed by atoms with E-state index in [1.807, 2.05) is 0 Å². The molecule has 1 unspecified atom stereocenters. The van der Waals surface area contributed by atoms with Crippen molar-refractivity contribution in [2.75, 3.05) is 43.0 Å². The van der Waals surface area contributed by atoms with Crippen molar-refractivity contribution in [1.29, 1.82) is 0 Å². The maximum atomic E-state index is 13.5. The Morgan fingerprint density at radius 2 is 1.70 bits per heavy atom. The van der Waals surface area contributed by atoms with Crippen LogP contribution in [0.3, 0.4) is 0 Å². The largest absolute Gasteiger partial charge is 0.456 e. The topological polar surface area (TPSA) is 83.7 Å². The number of fused-ring (bicyclic) bond motifs is 2. The first-order chi connectivity index (χ1) is 22.9. The van der Waals surface area contributed by atoms with Crippen molar-refractivity contribution in [3.8, 4) is 22.5 Å².